The van der Waals surface area contributed by atoms with E-state index in [0.29, 0.717) is 16.8 Å². The van der Waals surface area contributed by atoms with Crippen LogP contribution in [0.15, 0.2) is 24.3 Å². The van der Waals surface area contributed by atoms with E-state index < -0.39 is 0 Å². The molecule has 2 aromatic rings. The summed E-state index contributed by atoms with van der Waals surface area (Å²) in [6, 6.07) is 7.71. The molecule has 122 valence electrons. The number of ether oxygens (including phenoxy) is 2. The normalized spacial score (nSPS) is 15.4. The van der Waals surface area contributed by atoms with Crippen LogP contribution in [0, 0.1) is 13.8 Å². The van der Waals surface area contributed by atoms with Crippen LogP contribution in [0.4, 0.5) is 11.5 Å². The third-order valence-corrected chi connectivity index (χ3v) is 3.91. The molecule has 0 unspecified atom stereocenters. The Labute approximate surface area is 141 Å². The van der Waals surface area contributed by atoms with Crippen molar-refractivity contribution in [1.82, 2.24) is 9.97 Å². The van der Waals surface area contributed by atoms with Gasteiger partial charge in [-0.05, 0) is 37.6 Å². The molecule has 1 saturated heterocycles. The first-order valence-electron chi connectivity index (χ1n) is 7.73. The molecule has 2 heterocycles. The van der Waals surface area contributed by atoms with Gasteiger partial charge in [0.1, 0.15) is 28.6 Å². The molecule has 0 bridgehead atoms. The Morgan fingerprint density at radius 2 is 1.96 bits per heavy atom. The Balaban J connectivity index is 1.70. The highest BCUT2D eigenvalue weighted by atomic mass is 35.5. The fourth-order valence-corrected chi connectivity index (χ4v) is 2.80. The lowest BCUT2D eigenvalue weighted by molar-refractivity contribution is 0.0253. The molecule has 1 aromatic heterocycles. The van der Waals surface area contributed by atoms with Gasteiger partial charge in [-0.1, -0.05) is 11.6 Å². The first kappa shape index (κ1) is 16.0. The molecule has 5 nitrogen and oxygen atoms in total. The summed E-state index contributed by atoms with van der Waals surface area (Å²) in [5.74, 6) is 2.23. The second kappa shape index (κ2) is 7.15. The lowest BCUT2D eigenvalue weighted by Gasteiger charge is -2.24. The summed E-state index contributed by atoms with van der Waals surface area (Å²) in [4.78, 5) is 8.38. The van der Waals surface area contributed by atoms with Crippen LogP contribution in [0.25, 0.3) is 0 Å². The molecule has 0 aliphatic carbocycles. The van der Waals surface area contributed by atoms with Crippen LogP contribution in [0.5, 0.6) is 5.75 Å². The lowest BCUT2D eigenvalue weighted by atomic mass is 10.1. The van der Waals surface area contributed by atoms with Crippen LogP contribution in [-0.2, 0) is 4.74 Å². The van der Waals surface area contributed by atoms with Gasteiger partial charge in [0.05, 0.1) is 13.2 Å². The Morgan fingerprint density at radius 1 is 1.17 bits per heavy atom. The molecule has 0 saturated carbocycles. The maximum Gasteiger partial charge on any atom is 0.135 e. The van der Waals surface area contributed by atoms with Gasteiger partial charge >= 0.3 is 0 Å². The molecule has 3 rings (SSSR count). The van der Waals surface area contributed by atoms with E-state index in [1.54, 1.807) is 6.07 Å². The van der Waals surface area contributed by atoms with Gasteiger partial charge in [0.25, 0.3) is 0 Å². The highest BCUT2D eigenvalue weighted by Gasteiger charge is 2.16. The molecule has 0 radical (unpaired) electrons. The third kappa shape index (κ3) is 4.33. The predicted molar refractivity (Wildman–Crippen MR) is 90.7 cm³/mol. The van der Waals surface area contributed by atoms with Crippen molar-refractivity contribution < 1.29 is 9.47 Å². The van der Waals surface area contributed by atoms with Crippen molar-refractivity contribution in [3.05, 3.63) is 40.8 Å². The van der Waals surface area contributed by atoms with E-state index in [4.69, 9.17) is 21.1 Å². The summed E-state index contributed by atoms with van der Waals surface area (Å²) in [6.07, 6.45) is 2.13. The van der Waals surface area contributed by atoms with Gasteiger partial charge in [-0.2, -0.15) is 0 Å². The van der Waals surface area contributed by atoms with Crippen LogP contribution >= 0.6 is 11.6 Å². The van der Waals surface area contributed by atoms with Crippen molar-refractivity contribution in [2.75, 3.05) is 18.5 Å². The Kier molecular flexibility index (Phi) is 4.98. The van der Waals surface area contributed by atoms with E-state index in [-0.39, 0.29) is 6.10 Å². The number of aryl methyl sites for hydroxylation is 2. The predicted octanol–water partition coefficient (Wildman–Crippen LogP) is 4.05. The molecule has 1 N–H and O–H groups in total. The van der Waals surface area contributed by atoms with Crippen molar-refractivity contribution in [3.63, 3.8) is 0 Å². The smallest absolute Gasteiger partial charge is 0.135 e. The monoisotopic (exact) mass is 333 g/mol. The van der Waals surface area contributed by atoms with Crippen molar-refractivity contribution in [2.45, 2.75) is 32.8 Å². The number of nitrogens with zero attached hydrogens (tertiary/aromatic N) is 2. The lowest BCUT2D eigenvalue weighted by Crippen LogP contribution is -2.26. The van der Waals surface area contributed by atoms with E-state index in [0.717, 1.165) is 43.1 Å². The fourth-order valence-electron chi connectivity index (χ4n) is 2.58. The zero-order chi connectivity index (χ0) is 16.2. The van der Waals surface area contributed by atoms with Gasteiger partial charge in [0, 0.05) is 24.6 Å². The standard InChI is InChI=1S/C17H20ClN3O2/c1-11-9-13(21-17-10-16(18)19-12(2)20-17)3-4-15(11)23-14-5-7-22-8-6-14/h3-4,9-10,14H,5-8H2,1-2H3,(H,19,20,21). The number of aromatic nitrogens is 2. The summed E-state index contributed by atoms with van der Waals surface area (Å²) in [7, 11) is 0. The van der Waals surface area contributed by atoms with Crippen LogP contribution in [0.1, 0.15) is 24.2 Å². The Morgan fingerprint density at radius 3 is 2.65 bits per heavy atom. The highest BCUT2D eigenvalue weighted by molar-refractivity contribution is 6.29. The molecular formula is C17H20ClN3O2. The maximum atomic E-state index is 6.07. The average Bonchev–Trinajstić information content (AvgIpc) is 2.50. The number of nitrogens with one attached hydrogen (secondary N) is 1. The van der Waals surface area contributed by atoms with Gasteiger partial charge in [-0.15, -0.1) is 0 Å². The second-order valence-electron chi connectivity index (χ2n) is 5.66. The van der Waals surface area contributed by atoms with Gasteiger partial charge in [0.15, 0.2) is 0 Å². The van der Waals surface area contributed by atoms with Crippen LogP contribution in [0.2, 0.25) is 5.15 Å². The molecule has 0 amide bonds. The average molecular weight is 334 g/mol. The third-order valence-electron chi connectivity index (χ3n) is 3.72. The minimum absolute atomic E-state index is 0.240. The topological polar surface area (TPSA) is 56.3 Å². The second-order valence-corrected chi connectivity index (χ2v) is 6.05. The molecule has 23 heavy (non-hydrogen) atoms. The number of rotatable bonds is 4. The fraction of sp³-hybridized carbons (Fsp3) is 0.412. The zero-order valence-electron chi connectivity index (χ0n) is 13.3. The number of hydrogen-bond donors (Lipinski definition) is 1. The molecule has 0 spiro atoms. The molecule has 1 aromatic carbocycles. The van der Waals surface area contributed by atoms with E-state index >= 15 is 0 Å². The van der Waals surface area contributed by atoms with Crippen molar-refractivity contribution in [3.8, 4) is 5.75 Å². The highest BCUT2D eigenvalue weighted by Crippen LogP contribution is 2.27. The van der Waals surface area contributed by atoms with Gasteiger partial charge in [-0.25, -0.2) is 9.97 Å². The first-order chi connectivity index (χ1) is 11.1. The largest absolute Gasteiger partial charge is 0.490 e. The van der Waals surface area contributed by atoms with E-state index in [9.17, 15) is 0 Å². The van der Waals surface area contributed by atoms with Crippen molar-refractivity contribution in [1.29, 1.82) is 0 Å². The quantitative estimate of drug-likeness (QED) is 0.855. The van der Waals surface area contributed by atoms with Crippen LogP contribution in [-0.4, -0.2) is 29.3 Å². The number of hydrogen-bond acceptors (Lipinski definition) is 5. The van der Waals surface area contributed by atoms with Crippen LogP contribution in [0.3, 0.4) is 0 Å². The Bertz CT molecular complexity index is 667. The molecule has 1 aliphatic rings. The molecule has 1 fully saturated rings. The minimum Gasteiger partial charge on any atom is -0.490 e. The van der Waals surface area contributed by atoms with Crippen molar-refractivity contribution in [2.24, 2.45) is 0 Å². The van der Waals surface area contributed by atoms with E-state index in [1.165, 1.54) is 0 Å². The summed E-state index contributed by atoms with van der Waals surface area (Å²) in [5.41, 5.74) is 2.02. The van der Waals surface area contributed by atoms with Gasteiger partial charge < -0.3 is 14.8 Å². The van der Waals surface area contributed by atoms with E-state index in [2.05, 4.69) is 15.3 Å². The number of halogens is 1. The first-order valence-corrected chi connectivity index (χ1v) is 8.11. The van der Waals surface area contributed by atoms with E-state index in [1.807, 2.05) is 32.0 Å². The number of anilines is 2. The maximum absolute atomic E-state index is 6.07. The van der Waals surface area contributed by atoms with Gasteiger partial charge in [0.2, 0.25) is 0 Å². The van der Waals surface area contributed by atoms with Gasteiger partial charge in [-0.3, -0.25) is 0 Å². The molecular weight excluding hydrogens is 314 g/mol. The summed E-state index contributed by atoms with van der Waals surface area (Å²) < 4.78 is 11.4. The SMILES string of the molecule is Cc1nc(Cl)cc(Nc2ccc(OC3CCOCC3)c(C)c2)n1. The Hall–Kier alpha value is -1.85. The minimum atomic E-state index is 0.240. The molecule has 1 aliphatic heterocycles. The summed E-state index contributed by atoms with van der Waals surface area (Å²) >= 11 is 5.96. The zero-order valence-corrected chi connectivity index (χ0v) is 14.1. The molecule has 6 heteroatoms. The summed E-state index contributed by atoms with van der Waals surface area (Å²) in [6.45, 7) is 5.40. The summed E-state index contributed by atoms with van der Waals surface area (Å²) in [5, 5.41) is 3.67. The van der Waals surface area contributed by atoms with Crippen molar-refractivity contribution >= 4 is 23.1 Å². The van der Waals surface area contributed by atoms with Crippen LogP contribution < -0.4 is 10.1 Å². The number of benzene rings is 1. The molecule has 0 atom stereocenters.